The Morgan fingerprint density at radius 3 is 2.71 bits per heavy atom. The second-order valence-electron chi connectivity index (χ2n) is 2.97. The number of carbonyl (C=O) groups excluding carboxylic acids is 2. The smallest absolute Gasteiger partial charge is 0.325 e. The summed E-state index contributed by atoms with van der Waals surface area (Å²) in [6.07, 6.45) is 0.974. The van der Waals surface area contributed by atoms with Crippen molar-refractivity contribution in [2.45, 2.75) is 6.92 Å². The van der Waals surface area contributed by atoms with E-state index < -0.39 is 23.1 Å². The summed E-state index contributed by atoms with van der Waals surface area (Å²) < 4.78 is 4.58. The fourth-order valence-corrected chi connectivity index (χ4v) is 1.04. The van der Waals surface area contributed by atoms with Crippen molar-refractivity contribution in [3.63, 3.8) is 0 Å². The number of hydrogen-bond donors (Lipinski definition) is 3. The Labute approximate surface area is 95.0 Å². The van der Waals surface area contributed by atoms with Crippen molar-refractivity contribution in [2.75, 3.05) is 13.2 Å². The second-order valence-corrected chi connectivity index (χ2v) is 2.97. The first kappa shape index (κ1) is 12.7. The Kier molecular flexibility index (Phi) is 4.21. The molecule has 0 aromatic carbocycles. The highest BCUT2D eigenvalue weighted by atomic mass is 16.5. The van der Waals surface area contributed by atoms with Crippen LogP contribution in [0.25, 0.3) is 0 Å². The van der Waals surface area contributed by atoms with Crippen LogP contribution in [0, 0.1) is 0 Å². The third-order valence-electron chi connectivity index (χ3n) is 1.76. The van der Waals surface area contributed by atoms with Gasteiger partial charge in [-0.3, -0.25) is 19.4 Å². The van der Waals surface area contributed by atoms with Crippen molar-refractivity contribution >= 4 is 11.9 Å². The standard InChI is InChI=1S/C9H11N3O5/c1-2-17-6(13)4-10-7(14)5-3-11-9(16)12-8(5)15/h3H,2,4H2,1H3,(H,10,14)(H2,11,12,15,16). The molecule has 3 N–H and O–H groups in total. The molecule has 0 saturated carbocycles. The predicted octanol–water partition coefficient (Wildman–Crippen LogP) is -1.64. The lowest BCUT2D eigenvalue weighted by atomic mass is 10.3. The van der Waals surface area contributed by atoms with E-state index in [4.69, 9.17) is 0 Å². The van der Waals surface area contributed by atoms with Gasteiger partial charge in [-0.2, -0.15) is 0 Å². The minimum Gasteiger partial charge on any atom is -0.465 e. The summed E-state index contributed by atoms with van der Waals surface area (Å²) in [5, 5.41) is 2.19. The average molecular weight is 241 g/mol. The molecule has 1 rings (SSSR count). The molecule has 8 nitrogen and oxygen atoms in total. The lowest BCUT2D eigenvalue weighted by molar-refractivity contribution is -0.141. The molecule has 8 heteroatoms. The summed E-state index contributed by atoms with van der Waals surface area (Å²) in [6.45, 7) is 1.49. The third-order valence-corrected chi connectivity index (χ3v) is 1.76. The Hall–Kier alpha value is -2.38. The van der Waals surface area contributed by atoms with Gasteiger partial charge in [-0.15, -0.1) is 0 Å². The number of aromatic nitrogens is 2. The number of hydrogen-bond acceptors (Lipinski definition) is 5. The van der Waals surface area contributed by atoms with E-state index in [9.17, 15) is 19.2 Å². The molecule has 0 radical (unpaired) electrons. The first-order valence-electron chi connectivity index (χ1n) is 4.80. The molecule has 0 aliphatic heterocycles. The molecule has 0 spiro atoms. The summed E-state index contributed by atoms with van der Waals surface area (Å²) in [4.78, 5) is 48.3. The van der Waals surface area contributed by atoms with Gasteiger partial charge < -0.3 is 15.0 Å². The van der Waals surface area contributed by atoms with Gasteiger partial charge >= 0.3 is 11.7 Å². The van der Waals surface area contributed by atoms with Crippen LogP contribution in [0.15, 0.2) is 15.8 Å². The maximum absolute atomic E-state index is 11.4. The van der Waals surface area contributed by atoms with Crippen LogP contribution in [0.5, 0.6) is 0 Å². The molecule has 0 aliphatic rings. The van der Waals surface area contributed by atoms with Crippen LogP contribution in [0.2, 0.25) is 0 Å². The van der Waals surface area contributed by atoms with Crippen LogP contribution in [-0.2, 0) is 9.53 Å². The van der Waals surface area contributed by atoms with Crippen LogP contribution in [-0.4, -0.2) is 35.0 Å². The van der Waals surface area contributed by atoms with Gasteiger partial charge in [0.15, 0.2) is 0 Å². The monoisotopic (exact) mass is 241 g/mol. The summed E-state index contributed by atoms with van der Waals surface area (Å²) >= 11 is 0. The van der Waals surface area contributed by atoms with E-state index in [-0.39, 0.29) is 18.7 Å². The van der Waals surface area contributed by atoms with E-state index >= 15 is 0 Å². The number of rotatable bonds is 4. The normalized spacial score (nSPS) is 9.71. The second kappa shape index (κ2) is 5.64. The predicted molar refractivity (Wildman–Crippen MR) is 56.6 cm³/mol. The highest BCUT2D eigenvalue weighted by Gasteiger charge is 2.12. The van der Waals surface area contributed by atoms with E-state index in [1.807, 2.05) is 4.98 Å². The van der Waals surface area contributed by atoms with Gasteiger partial charge in [-0.1, -0.05) is 0 Å². The SMILES string of the molecule is CCOC(=O)CNC(=O)c1c[nH]c(=O)[nH]c1=O. The molecule has 17 heavy (non-hydrogen) atoms. The highest BCUT2D eigenvalue weighted by Crippen LogP contribution is 1.85. The number of aromatic amines is 2. The van der Waals surface area contributed by atoms with Crippen LogP contribution >= 0.6 is 0 Å². The molecule has 0 fully saturated rings. The fourth-order valence-electron chi connectivity index (χ4n) is 1.04. The Bertz CT molecular complexity index is 530. The van der Waals surface area contributed by atoms with Gasteiger partial charge in [-0.05, 0) is 6.92 Å². The first-order chi connectivity index (χ1) is 8.04. The summed E-state index contributed by atoms with van der Waals surface area (Å²) in [5.41, 5.74) is -1.82. The molecule has 0 atom stereocenters. The average Bonchev–Trinajstić information content (AvgIpc) is 2.26. The number of carbonyl (C=O) groups is 2. The summed E-state index contributed by atoms with van der Waals surface area (Å²) in [6, 6.07) is 0. The van der Waals surface area contributed by atoms with Crippen LogP contribution in [0.3, 0.4) is 0 Å². The summed E-state index contributed by atoms with van der Waals surface area (Å²) in [5.74, 6) is -1.38. The van der Waals surface area contributed by atoms with Crippen LogP contribution in [0.4, 0.5) is 0 Å². The molecule has 1 aromatic heterocycles. The minimum atomic E-state index is -0.824. The zero-order valence-corrected chi connectivity index (χ0v) is 9.03. The van der Waals surface area contributed by atoms with Crippen molar-refractivity contribution in [3.8, 4) is 0 Å². The van der Waals surface area contributed by atoms with E-state index in [0.717, 1.165) is 6.20 Å². The molecule has 0 unspecified atom stereocenters. The molecule has 0 aliphatic carbocycles. The van der Waals surface area contributed by atoms with Crippen molar-refractivity contribution in [1.29, 1.82) is 0 Å². The highest BCUT2D eigenvalue weighted by molar-refractivity contribution is 5.95. The number of amides is 1. The molecule has 0 bridgehead atoms. The number of esters is 1. The maximum atomic E-state index is 11.4. The lowest BCUT2D eigenvalue weighted by Crippen LogP contribution is -2.36. The van der Waals surface area contributed by atoms with E-state index in [0.29, 0.717) is 0 Å². The molecule has 92 valence electrons. The van der Waals surface area contributed by atoms with Crippen molar-refractivity contribution in [3.05, 3.63) is 32.6 Å². The quantitative estimate of drug-likeness (QED) is 0.545. The molecular weight excluding hydrogens is 230 g/mol. The number of nitrogens with one attached hydrogen (secondary N) is 3. The fraction of sp³-hybridized carbons (Fsp3) is 0.333. The lowest BCUT2D eigenvalue weighted by Gasteiger charge is -2.03. The van der Waals surface area contributed by atoms with Gasteiger partial charge in [0.25, 0.3) is 11.5 Å². The van der Waals surface area contributed by atoms with Crippen molar-refractivity contribution in [1.82, 2.24) is 15.3 Å². The van der Waals surface area contributed by atoms with Crippen molar-refractivity contribution < 1.29 is 14.3 Å². The van der Waals surface area contributed by atoms with E-state index in [1.165, 1.54) is 0 Å². The molecule has 1 heterocycles. The van der Waals surface area contributed by atoms with E-state index in [2.05, 4.69) is 15.0 Å². The maximum Gasteiger partial charge on any atom is 0.325 e. The first-order valence-corrected chi connectivity index (χ1v) is 4.80. The third kappa shape index (κ3) is 3.59. The minimum absolute atomic E-state index is 0.202. The van der Waals surface area contributed by atoms with Gasteiger partial charge in [0.2, 0.25) is 0 Å². The Morgan fingerprint density at radius 1 is 1.41 bits per heavy atom. The largest absolute Gasteiger partial charge is 0.465 e. The summed E-state index contributed by atoms with van der Waals surface area (Å²) in [7, 11) is 0. The number of H-pyrrole nitrogens is 2. The van der Waals surface area contributed by atoms with Crippen molar-refractivity contribution in [2.24, 2.45) is 0 Å². The molecule has 1 aromatic rings. The zero-order chi connectivity index (χ0) is 12.8. The van der Waals surface area contributed by atoms with Gasteiger partial charge in [0.1, 0.15) is 12.1 Å². The van der Waals surface area contributed by atoms with E-state index in [1.54, 1.807) is 6.92 Å². The molecule has 1 amide bonds. The van der Waals surface area contributed by atoms with Crippen LogP contribution in [0.1, 0.15) is 17.3 Å². The van der Waals surface area contributed by atoms with Gasteiger partial charge in [0.05, 0.1) is 6.61 Å². The molecular formula is C9H11N3O5. The Morgan fingerprint density at radius 2 is 2.12 bits per heavy atom. The Balaban J connectivity index is 2.68. The van der Waals surface area contributed by atoms with Gasteiger partial charge in [-0.25, -0.2) is 4.79 Å². The van der Waals surface area contributed by atoms with Gasteiger partial charge in [0, 0.05) is 6.20 Å². The van der Waals surface area contributed by atoms with Crippen LogP contribution < -0.4 is 16.6 Å². The number of ether oxygens (including phenoxy) is 1. The topological polar surface area (TPSA) is 121 Å². The zero-order valence-electron chi connectivity index (χ0n) is 9.03. The molecule has 0 saturated heterocycles.